The lowest BCUT2D eigenvalue weighted by molar-refractivity contribution is -0.145. The summed E-state index contributed by atoms with van der Waals surface area (Å²) in [5, 5.41) is 7.09. The zero-order chi connectivity index (χ0) is 31.5. The van der Waals surface area contributed by atoms with E-state index in [0.717, 1.165) is 48.3 Å². The summed E-state index contributed by atoms with van der Waals surface area (Å²) in [5.41, 5.74) is 4.77. The van der Waals surface area contributed by atoms with Crippen LogP contribution in [-0.2, 0) is 38.6 Å². The van der Waals surface area contributed by atoms with E-state index in [4.69, 9.17) is 21.1 Å². The molecule has 232 valence electrons. The molecule has 3 aromatic carbocycles. The third-order valence-electron chi connectivity index (χ3n) is 7.55. The Morgan fingerprint density at radius 2 is 1.57 bits per heavy atom. The highest BCUT2D eigenvalue weighted by Gasteiger charge is 2.21. The number of hydrogen-bond donors (Lipinski definition) is 2. The van der Waals surface area contributed by atoms with E-state index >= 15 is 0 Å². The molecule has 0 aromatic heterocycles. The molecule has 1 atom stereocenters. The number of esters is 2. The maximum absolute atomic E-state index is 12.7. The number of aryl methyl sites for hydroxylation is 1. The minimum Gasteiger partial charge on any atom is -0.469 e. The van der Waals surface area contributed by atoms with Gasteiger partial charge in [0, 0.05) is 54.4 Å². The molecule has 4 rings (SSSR count). The molecule has 3 aromatic rings. The topological polar surface area (TPSA) is 114 Å². The van der Waals surface area contributed by atoms with E-state index in [1.807, 2.05) is 47.4 Å². The molecule has 0 bridgehead atoms. The Morgan fingerprint density at radius 1 is 0.886 bits per heavy atom. The average Bonchev–Trinajstić information content (AvgIpc) is 3.58. The molecule has 1 heterocycles. The number of amides is 1. The Bertz CT molecular complexity index is 1450. The predicted molar refractivity (Wildman–Crippen MR) is 169 cm³/mol. The third kappa shape index (κ3) is 9.14. The minimum atomic E-state index is -0.952. The molecule has 1 aliphatic heterocycles. The molecular weight excluding hydrogens is 582 g/mol. The largest absolute Gasteiger partial charge is 0.469 e. The first-order chi connectivity index (χ1) is 21.2. The molecule has 0 radical (unpaired) electrons. The maximum Gasteiger partial charge on any atom is 0.320 e. The van der Waals surface area contributed by atoms with Crippen molar-refractivity contribution < 1.29 is 28.7 Å². The summed E-state index contributed by atoms with van der Waals surface area (Å²) in [6.45, 7) is 3.87. The molecule has 1 fully saturated rings. The van der Waals surface area contributed by atoms with Crippen LogP contribution in [0.2, 0.25) is 5.02 Å². The van der Waals surface area contributed by atoms with E-state index in [1.54, 1.807) is 24.3 Å². The lowest BCUT2D eigenvalue weighted by Crippen LogP contribution is -2.31. The number of benzene rings is 3. The van der Waals surface area contributed by atoms with E-state index < -0.39 is 12.1 Å². The quantitative estimate of drug-likeness (QED) is 0.187. The highest BCUT2D eigenvalue weighted by molar-refractivity contribution is 6.30. The minimum absolute atomic E-state index is 0.0657. The van der Waals surface area contributed by atoms with Gasteiger partial charge in [-0.25, -0.2) is 0 Å². The van der Waals surface area contributed by atoms with Crippen molar-refractivity contribution in [2.75, 3.05) is 32.1 Å². The van der Waals surface area contributed by atoms with Gasteiger partial charge in [0.05, 0.1) is 13.7 Å². The highest BCUT2D eigenvalue weighted by Crippen LogP contribution is 2.23. The fourth-order valence-electron chi connectivity index (χ4n) is 5.08. The molecule has 0 saturated carbocycles. The number of carbonyl (C=O) groups is 4. The van der Waals surface area contributed by atoms with Crippen LogP contribution in [0.25, 0.3) is 0 Å². The van der Waals surface area contributed by atoms with Crippen molar-refractivity contribution in [3.8, 4) is 0 Å². The van der Waals surface area contributed by atoms with E-state index in [2.05, 4.69) is 10.6 Å². The van der Waals surface area contributed by atoms with Gasteiger partial charge in [-0.2, -0.15) is 0 Å². The molecular formula is C34H38ClN3O6. The van der Waals surface area contributed by atoms with E-state index in [1.165, 1.54) is 14.0 Å². The second-order valence-electron chi connectivity index (χ2n) is 10.7. The Morgan fingerprint density at radius 3 is 2.25 bits per heavy atom. The summed E-state index contributed by atoms with van der Waals surface area (Å²) < 4.78 is 10.2. The monoisotopic (exact) mass is 619 g/mol. The first kappa shape index (κ1) is 32.7. The van der Waals surface area contributed by atoms with Crippen LogP contribution in [0, 0.1) is 0 Å². The van der Waals surface area contributed by atoms with Crippen molar-refractivity contribution in [3.05, 3.63) is 99.6 Å². The number of ether oxygens (including phenoxy) is 2. The van der Waals surface area contributed by atoms with Crippen LogP contribution in [0.3, 0.4) is 0 Å². The number of methoxy groups -OCH3 is 1. The van der Waals surface area contributed by atoms with Crippen LogP contribution in [0.1, 0.15) is 63.6 Å². The van der Waals surface area contributed by atoms with Crippen LogP contribution >= 0.6 is 11.6 Å². The molecule has 0 spiro atoms. The summed E-state index contributed by atoms with van der Waals surface area (Å²) in [5.74, 6) is -1.13. The zero-order valence-corrected chi connectivity index (χ0v) is 25.8. The summed E-state index contributed by atoms with van der Waals surface area (Å²) in [6, 6.07) is 19.8. The van der Waals surface area contributed by atoms with Crippen molar-refractivity contribution in [1.29, 1.82) is 0 Å². The normalized spacial score (nSPS) is 13.3. The van der Waals surface area contributed by atoms with E-state index in [9.17, 15) is 19.2 Å². The molecule has 1 unspecified atom stereocenters. The SMILES string of the molecule is COC(=O)CCc1cccc(NCc2ccc(C(=O)N3CCCC3)cc2)c1CNCC(=O)OC(C)C(=O)c1ccc(Cl)cc1. The van der Waals surface area contributed by atoms with E-state index in [0.29, 0.717) is 35.7 Å². The molecule has 10 heteroatoms. The first-order valence-corrected chi connectivity index (χ1v) is 15.1. The summed E-state index contributed by atoms with van der Waals surface area (Å²) >= 11 is 5.90. The van der Waals surface area contributed by atoms with Crippen LogP contribution in [0.15, 0.2) is 66.7 Å². The lowest BCUT2D eigenvalue weighted by Gasteiger charge is -2.18. The number of ketones is 1. The Hall–Kier alpha value is -4.21. The van der Waals surface area contributed by atoms with Gasteiger partial charge in [0.1, 0.15) is 0 Å². The number of Topliss-reactive ketones (excluding diaryl/α,β-unsaturated/α-hetero) is 1. The molecule has 1 amide bonds. The Kier molecular flexibility index (Phi) is 11.9. The van der Waals surface area contributed by atoms with Crippen LogP contribution < -0.4 is 10.6 Å². The lowest BCUT2D eigenvalue weighted by atomic mass is 10.0. The molecule has 2 N–H and O–H groups in total. The van der Waals surface area contributed by atoms with Gasteiger partial charge in [-0.1, -0.05) is 35.9 Å². The van der Waals surface area contributed by atoms with Crippen molar-refractivity contribution >= 4 is 40.9 Å². The second-order valence-corrected chi connectivity index (χ2v) is 11.1. The maximum atomic E-state index is 12.7. The van der Waals surface area contributed by atoms with Gasteiger partial charge in [-0.05, 0) is 85.3 Å². The van der Waals surface area contributed by atoms with Crippen molar-refractivity contribution in [1.82, 2.24) is 10.2 Å². The van der Waals surface area contributed by atoms with Crippen molar-refractivity contribution in [3.63, 3.8) is 0 Å². The summed E-state index contributed by atoms with van der Waals surface area (Å²) in [4.78, 5) is 51.6. The molecule has 9 nitrogen and oxygen atoms in total. The number of halogens is 1. The van der Waals surface area contributed by atoms with Gasteiger partial charge in [-0.15, -0.1) is 0 Å². The fourth-order valence-corrected chi connectivity index (χ4v) is 5.20. The van der Waals surface area contributed by atoms with Gasteiger partial charge in [-0.3, -0.25) is 19.2 Å². The Balaban J connectivity index is 1.37. The number of likely N-dealkylation sites (tertiary alicyclic amines) is 1. The van der Waals surface area contributed by atoms with Crippen LogP contribution in [-0.4, -0.2) is 61.4 Å². The first-order valence-electron chi connectivity index (χ1n) is 14.7. The zero-order valence-electron chi connectivity index (χ0n) is 25.1. The molecule has 1 aliphatic rings. The number of anilines is 1. The number of nitrogens with one attached hydrogen (secondary N) is 2. The van der Waals surface area contributed by atoms with Gasteiger partial charge in [0.15, 0.2) is 6.10 Å². The molecule has 44 heavy (non-hydrogen) atoms. The summed E-state index contributed by atoms with van der Waals surface area (Å²) in [6.07, 6.45) is 1.82. The fraction of sp³-hybridized carbons (Fsp3) is 0.353. The average molecular weight is 620 g/mol. The Labute approximate surface area is 262 Å². The molecule has 1 saturated heterocycles. The van der Waals surface area contributed by atoms with Gasteiger partial charge in [0.2, 0.25) is 5.78 Å². The highest BCUT2D eigenvalue weighted by atomic mass is 35.5. The van der Waals surface area contributed by atoms with Gasteiger partial charge < -0.3 is 25.0 Å². The van der Waals surface area contributed by atoms with Crippen molar-refractivity contribution in [2.24, 2.45) is 0 Å². The second kappa shape index (κ2) is 16.0. The van der Waals surface area contributed by atoms with Gasteiger partial charge in [0.25, 0.3) is 5.91 Å². The molecule has 0 aliphatic carbocycles. The van der Waals surface area contributed by atoms with Crippen LogP contribution in [0.5, 0.6) is 0 Å². The number of carbonyl (C=O) groups excluding carboxylic acids is 4. The van der Waals surface area contributed by atoms with Crippen LogP contribution in [0.4, 0.5) is 5.69 Å². The predicted octanol–water partition coefficient (Wildman–Crippen LogP) is 5.20. The van der Waals surface area contributed by atoms with Gasteiger partial charge >= 0.3 is 11.9 Å². The number of nitrogens with zero attached hydrogens (tertiary/aromatic N) is 1. The van der Waals surface area contributed by atoms with Crippen molar-refractivity contribution in [2.45, 2.75) is 51.8 Å². The standard InChI is InChI=1S/C34H38ClN3O6/c1-23(33(41)26-12-15-28(35)16-13-26)44-32(40)22-36-21-29-25(14-17-31(39)43-2)6-5-7-30(29)37-20-24-8-10-27(11-9-24)34(42)38-18-3-4-19-38/h5-13,15-16,23,36-37H,3-4,14,17-22H2,1-2H3. The number of hydrogen-bond acceptors (Lipinski definition) is 8. The smallest absolute Gasteiger partial charge is 0.320 e. The van der Waals surface area contributed by atoms with E-state index in [-0.39, 0.29) is 30.6 Å². The third-order valence-corrected chi connectivity index (χ3v) is 7.81. The number of rotatable bonds is 14. The summed E-state index contributed by atoms with van der Waals surface area (Å²) in [7, 11) is 1.36.